The fourth-order valence-corrected chi connectivity index (χ4v) is 3.61. The molecule has 2 N–H and O–H groups in total. The Kier molecular flexibility index (Phi) is 6.03. The summed E-state index contributed by atoms with van der Waals surface area (Å²) in [5.41, 5.74) is 2.09. The molecule has 2 aromatic heterocycles. The van der Waals surface area contributed by atoms with Crippen LogP contribution in [0.4, 0.5) is 0 Å². The third kappa shape index (κ3) is 5.92. The van der Waals surface area contributed by atoms with E-state index in [0.29, 0.717) is 5.01 Å². The van der Waals surface area contributed by atoms with Crippen molar-refractivity contribution in [2.75, 3.05) is 0 Å². The van der Waals surface area contributed by atoms with Crippen LogP contribution in [0, 0.1) is 10.8 Å². The highest BCUT2D eigenvalue weighted by atomic mass is 32.1. The van der Waals surface area contributed by atoms with Crippen molar-refractivity contribution in [3.63, 3.8) is 0 Å². The number of hydrogen-bond donors (Lipinski definition) is 2. The van der Waals surface area contributed by atoms with Gasteiger partial charge in [-0.15, -0.1) is 11.3 Å². The minimum atomic E-state index is -0.625. The molecule has 29 heavy (non-hydrogen) atoms. The molecule has 0 aliphatic carbocycles. The molecule has 0 amide bonds. The summed E-state index contributed by atoms with van der Waals surface area (Å²) in [6.07, 6.45) is 1.59. The predicted molar refractivity (Wildman–Crippen MR) is 114 cm³/mol. The van der Waals surface area contributed by atoms with Crippen LogP contribution in [-0.2, 0) is 20.7 Å². The van der Waals surface area contributed by atoms with Gasteiger partial charge < -0.3 is 9.47 Å². The number of rotatable bonds is 5. The summed E-state index contributed by atoms with van der Waals surface area (Å²) < 4.78 is 11.3. The van der Waals surface area contributed by atoms with Crippen LogP contribution < -0.4 is 0 Å². The zero-order valence-electron chi connectivity index (χ0n) is 16.5. The van der Waals surface area contributed by atoms with Gasteiger partial charge in [0.2, 0.25) is 0 Å². The number of thiazole rings is 1. The van der Waals surface area contributed by atoms with E-state index in [1.807, 2.05) is 36.4 Å². The first-order valence-electron chi connectivity index (χ1n) is 9.05. The number of nitrogens with zero attached hydrogens (tertiary/aromatic N) is 2. The summed E-state index contributed by atoms with van der Waals surface area (Å²) >= 11 is 1.46. The van der Waals surface area contributed by atoms with Crippen molar-refractivity contribution in [3.05, 3.63) is 47.6 Å². The molecule has 0 aliphatic rings. The Balaban J connectivity index is 1.62. The second-order valence-electron chi connectivity index (χ2n) is 7.39. The highest BCUT2D eigenvalue weighted by molar-refractivity contribution is 7.18. The molecule has 0 saturated carbocycles. The van der Waals surface area contributed by atoms with E-state index in [2.05, 4.69) is 9.97 Å². The molecular weight excluding hydrogens is 388 g/mol. The van der Waals surface area contributed by atoms with E-state index in [-0.39, 0.29) is 24.6 Å². The first kappa shape index (κ1) is 20.6. The quantitative estimate of drug-likeness (QED) is 0.363. The van der Waals surface area contributed by atoms with Gasteiger partial charge in [0.05, 0.1) is 22.3 Å². The third-order valence-corrected chi connectivity index (χ3v) is 4.69. The SMILES string of the molecule is CC(C)(C)OC(=O)CC(=N)OC(=N)Cc1nc2ccc(-c3ccccn3)cc2s1. The van der Waals surface area contributed by atoms with Crippen molar-refractivity contribution in [3.8, 4) is 11.3 Å². The topological polar surface area (TPSA) is 109 Å². The number of benzene rings is 1. The van der Waals surface area contributed by atoms with Crippen LogP contribution >= 0.6 is 11.3 Å². The summed E-state index contributed by atoms with van der Waals surface area (Å²) in [6.45, 7) is 5.26. The largest absolute Gasteiger partial charge is 0.460 e. The molecule has 2 heterocycles. The minimum absolute atomic E-state index is 0.137. The van der Waals surface area contributed by atoms with Crippen LogP contribution in [0.15, 0.2) is 42.6 Å². The Bertz CT molecular complexity index is 1050. The fourth-order valence-electron chi connectivity index (χ4n) is 2.61. The lowest BCUT2D eigenvalue weighted by atomic mass is 10.1. The van der Waals surface area contributed by atoms with Crippen molar-refractivity contribution in [1.29, 1.82) is 10.8 Å². The van der Waals surface area contributed by atoms with E-state index >= 15 is 0 Å². The number of hydrogen-bond acceptors (Lipinski definition) is 8. The first-order valence-corrected chi connectivity index (χ1v) is 9.87. The van der Waals surface area contributed by atoms with Gasteiger partial charge in [-0.3, -0.25) is 20.6 Å². The van der Waals surface area contributed by atoms with E-state index in [1.165, 1.54) is 11.3 Å². The second-order valence-corrected chi connectivity index (χ2v) is 8.51. The van der Waals surface area contributed by atoms with Crippen LogP contribution in [0.3, 0.4) is 0 Å². The Morgan fingerprint density at radius 3 is 2.62 bits per heavy atom. The molecule has 150 valence electrons. The fraction of sp³-hybridized carbons (Fsp3) is 0.286. The zero-order chi connectivity index (χ0) is 21.0. The number of pyridine rings is 1. The van der Waals surface area contributed by atoms with Gasteiger partial charge in [0.1, 0.15) is 17.0 Å². The standard InChI is InChI=1S/C21H22N4O3S/c1-21(2,3)28-20(26)12-18(23)27-17(22)11-19-25-15-8-7-13(10-16(15)29-19)14-6-4-5-9-24-14/h4-10,22-23H,11-12H2,1-3H3. The molecule has 0 spiro atoms. The molecular formula is C21H22N4O3S. The lowest BCUT2D eigenvalue weighted by molar-refractivity contribution is -0.153. The van der Waals surface area contributed by atoms with Gasteiger partial charge in [-0.1, -0.05) is 12.1 Å². The molecule has 0 radical (unpaired) electrons. The predicted octanol–water partition coefficient (Wildman–Crippen LogP) is 4.60. The lowest BCUT2D eigenvalue weighted by Gasteiger charge is -2.19. The number of esters is 1. The van der Waals surface area contributed by atoms with E-state index in [4.69, 9.17) is 20.3 Å². The number of ether oxygens (including phenoxy) is 2. The monoisotopic (exact) mass is 410 g/mol. The van der Waals surface area contributed by atoms with Crippen LogP contribution in [0.25, 0.3) is 21.5 Å². The molecule has 0 aliphatic heterocycles. The highest BCUT2D eigenvalue weighted by Crippen LogP contribution is 2.27. The van der Waals surface area contributed by atoms with E-state index in [1.54, 1.807) is 27.0 Å². The van der Waals surface area contributed by atoms with Crippen LogP contribution in [0.2, 0.25) is 0 Å². The summed E-state index contributed by atoms with van der Waals surface area (Å²) in [5.74, 6) is -1.01. The molecule has 0 atom stereocenters. The molecule has 0 saturated heterocycles. The Labute approximate surface area is 172 Å². The highest BCUT2D eigenvalue weighted by Gasteiger charge is 2.19. The van der Waals surface area contributed by atoms with Gasteiger partial charge in [-0.05, 0) is 45.0 Å². The van der Waals surface area contributed by atoms with Gasteiger partial charge in [0, 0.05) is 11.8 Å². The summed E-state index contributed by atoms with van der Waals surface area (Å²) in [5, 5.41) is 16.4. The van der Waals surface area contributed by atoms with E-state index < -0.39 is 11.6 Å². The molecule has 0 fully saturated rings. The number of carbonyl (C=O) groups is 1. The summed E-state index contributed by atoms with van der Waals surface area (Å²) in [6, 6.07) is 11.7. The van der Waals surface area contributed by atoms with Crippen LogP contribution in [0.5, 0.6) is 0 Å². The Morgan fingerprint density at radius 2 is 1.93 bits per heavy atom. The number of aromatic nitrogens is 2. The van der Waals surface area contributed by atoms with E-state index in [0.717, 1.165) is 21.5 Å². The lowest BCUT2D eigenvalue weighted by Crippen LogP contribution is -2.26. The smallest absolute Gasteiger partial charge is 0.315 e. The van der Waals surface area contributed by atoms with Gasteiger partial charge in [-0.2, -0.15) is 0 Å². The average Bonchev–Trinajstić information content (AvgIpc) is 3.01. The van der Waals surface area contributed by atoms with Gasteiger partial charge in [0.25, 0.3) is 0 Å². The molecule has 7 nitrogen and oxygen atoms in total. The van der Waals surface area contributed by atoms with Gasteiger partial charge >= 0.3 is 5.97 Å². The molecule has 8 heteroatoms. The molecule has 0 bridgehead atoms. The van der Waals surface area contributed by atoms with Gasteiger partial charge in [-0.25, -0.2) is 4.98 Å². The number of nitrogens with one attached hydrogen (secondary N) is 2. The van der Waals surface area contributed by atoms with Crippen molar-refractivity contribution >= 4 is 39.3 Å². The summed E-state index contributed by atoms with van der Waals surface area (Å²) in [4.78, 5) is 20.6. The van der Waals surface area contributed by atoms with Crippen molar-refractivity contribution in [2.45, 2.75) is 39.2 Å². The number of fused-ring (bicyclic) bond motifs is 1. The Morgan fingerprint density at radius 1 is 1.14 bits per heavy atom. The maximum Gasteiger partial charge on any atom is 0.315 e. The molecule has 0 unspecified atom stereocenters. The molecule has 3 rings (SSSR count). The second kappa shape index (κ2) is 8.48. The minimum Gasteiger partial charge on any atom is -0.460 e. The van der Waals surface area contributed by atoms with Crippen LogP contribution in [0.1, 0.15) is 32.2 Å². The molecule has 1 aromatic carbocycles. The van der Waals surface area contributed by atoms with Crippen molar-refractivity contribution in [2.24, 2.45) is 0 Å². The van der Waals surface area contributed by atoms with E-state index in [9.17, 15) is 4.79 Å². The summed E-state index contributed by atoms with van der Waals surface area (Å²) in [7, 11) is 0. The van der Waals surface area contributed by atoms with Crippen molar-refractivity contribution < 1.29 is 14.3 Å². The zero-order valence-corrected chi connectivity index (χ0v) is 17.3. The van der Waals surface area contributed by atoms with Gasteiger partial charge in [0.15, 0.2) is 11.8 Å². The Hall–Kier alpha value is -3.13. The normalized spacial score (nSPS) is 11.3. The molecule has 3 aromatic rings. The average molecular weight is 410 g/mol. The maximum atomic E-state index is 11.7. The number of carbonyl (C=O) groups excluding carboxylic acids is 1. The van der Waals surface area contributed by atoms with Crippen molar-refractivity contribution in [1.82, 2.24) is 9.97 Å². The third-order valence-electron chi connectivity index (χ3n) is 3.68. The first-order chi connectivity index (χ1) is 13.7. The maximum absolute atomic E-state index is 11.7. The van der Waals surface area contributed by atoms with Crippen LogP contribution in [-0.4, -0.2) is 33.3 Å².